The summed E-state index contributed by atoms with van der Waals surface area (Å²) in [5, 5.41) is 2.01. The summed E-state index contributed by atoms with van der Waals surface area (Å²) in [4.78, 5) is 18.3. The molecule has 24 heavy (non-hydrogen) atoms. The van der Waals surface area contributed by atoms with Crippen molar-refractivity contribution in [3.8, 4) is 16.3 Å². The fourth-order valence-corrected chi connectivity index (χ4v) is 3.54. The molecule has 0 aliphatic rings. The normalized spacial score (nSPS) is 12.3. The number of rotatable bonds is 6. The zero-order valence-corrected chi connectivity index (χ0v) is 14.8. The number of methoxy groups -OCH3 is 1. The van der Waals surface area contributed by atoms with Gasteiger partial charge in [-0.25, -0.2) is 4.98 Å². The van der Waals surface area contributed by atoms with Gasteiger partial charge in [-0.3, -0.25) is 4.79 Å². The molecule has 5 nitrogen and oxygen atoms in total. The molecule has 3 aromatic heterocycles. The van der Waals surface area contributed by atoms with Crippen LogP contribution in [-0.2, 0) is 9.53 Å². The van der Waals surface area contributed by atoms with Crippen molar-refractivity contribution in [2.75, 3.05) is 13.7 Å². The van der Waals surface area contributed by atoms with Gasteiger partial charge in [-0.1, -0.05) is 13.0 Å². The van der Waals surface area contributed by atoms with Gasteiger partial charge in [0.05, 0.1) is 30.2 Å². The maximum absolute atomic E-state index is 12.5. The molecule has 126 valence electrons. The Bertz CT molecular complexity index is 839. The third kappa shape index (κ3) is 2.89. The predicted molar refractivity (Wildman–Crippen MR) is 94.7 cm³/mol. The van der Waals surface area contributed by atoms with E-state index in [9.17, 15) is 4.79 Å². The second kappa shape index (κ2) is 7.05. The lowest BCUT2D eigenvalue weighted by Crippen LogP contribution is -2.17. The molecule has 0 fully saturated rings. The van der Waals surface area contributed by atoms with Gasteiger partial charge < -0.3 is 13.9 Å². The zero-order chi connectivity index (χ0) is 17.1. The lowest BCUT2D eigenvalue weighted by molar-refractivity contribution is -0.145. The van der Waals surface area contributed by atoms with Crippen LogP contribution >= 0.6 is 11.3 Å². The molecule has 0 aliphatic carbocycles. The number of fused-ring (bicyclic) bond motifs is 1. The molecule has 0 saturated heterocycles. The Kier molecular flexibility index (Phi) is 4.85. The molecular formula is C18H20N2O3S. The van der Waals surface area contributed by atoms with E-state index in [1.165, 1.54) is 0 Å². The van der Waals surface area contributed by atoms with E-state index in [4.69, 9.17) is 14.5 Å². The van der Waals surface area contributed by atoms with Crippen molar-refractivity contribution in [1.29, 1.82) is 0 Å². The van der Waals surface area contributed by atoms with Crippen molar-refractivity contribution < 1.29 is 14.3 Å². The molecule has 3 rings (SSSR count). The van der Waals surface area contributed by atoms with E-state index < -0.39 is 0 Å². The lowest BCUT2D eigenvalue weighted by atomic mass is 10.00. The Morgan fingerprint density at radius 1 is 1.38 bits per heavy atom. The first kappa shape index (κ1) is 16.5. The summed E-state index contributed by atoms with van der Waals surface area (Å²) in [5.41, 5.74) is 2.46. The minimum atomic E-state index is -0.356. The molecule has 0 N–H and O–H groups in total. The Balaban J connectivity index is 2.22. The van der Waals surface area contributed by atoms with E-state index in [0.717, 1.165) is 27.7 Å². The van der Waals surface area contributed by atoms with E-state index in [2.05, 4.69) is 0 Å². The van der Waals surface area contributed by atoms with Crippen LogP contribution in [0.25, 0.3) is 16.2 Å². The van der Waals surface area contributed by atoms with Gasteiger partial charge in [0.2, 0.25) is 0 Å². The molecule has 0 saturated carbocycles. The third-order valence-corrected chi connectivity index (χ3v) is 4.81. The van der Waals surface area contributed by atoms with Crippen LogP contribution in [0.4, 0.5) is 0 Å². The Hall–Kier alpha value is -2.34. The monoisotopic (exact) mass is 344 g/mol. The van der Waals surface area contributed by atoms with Gasteiger partial charge in [-0.05, 0) is 30.9 Å². The first-order chi connectivity index (χ1) is 11.7. The van der Waals surface area contributed by atoms with Crippen LogP contribution in [0.1, 0.15) is 31.9 Å². The molecule has 0 radical (unpaired) electrons. The van der Waals surface area contributed by atoms with Crippen LogP contribution in [0.5, 0.6) is 5.75 Å². The zero-order valence-electron chi connectivity index (χ0n) is 14.0. The molecule has 0 bridgehead atoms. The van der Waals surface area contributed by atoms with Crippen LogP contribution in [0.3, 0.4) is 0 Å². The van der Waals surface area contributed by atoms with Gasteiger partial charge in [0.15, 0.2) is 0 Å². The van der Waals surface area contributed by atoms with Gasteiger partial charge in [-0.2, -0.15) is 0 Å². The average Bonchev–Trinajstić information content (AvgIpc) is 3.23. The highest BCUT2D eigenvalue weighted by molar-refractivity contribution is 7.13. The number of imidazole rings is 1. The highest BCUT2D eigenvalue weighted by Crippen LogP contribution is 2.35. The van der Waals surface area contributed by atoms with E-state index in [1.807, 2.05) is 54.1 Å². The SMILES string of the molecule is CCOC(=O)C(CC)c1c(-c2cccs2)nc2cc(OC)ccn12. The van der Waals surface area contributed by atoms with Gasteiger partial charge in [0.1, 0.15) is 17.1 Å². The Morgan fingerprint density at radius 2 is 2.21 bits per heavy atom. The summed E-state index contributed by atoms with van der Waals surface area (Å²) in [6, 6.07) is 7.75. The van der Waals surface area contributed by atoms with Crippen molar-refractivity contribution in [3.63, 3.8) is 0 Å². The number of ether oxygens (including phenoxy) is 2. The minimum Gasteiger partial charge on any atom is -0.497 e. The van der Waals surface area contributed by atoms with Crippen molar-refractivity contribution >= 4 is 23.0 Å². The van der Waals surface area contributed by atoms with E-state index >= 15 is 0 Å². The van der Waals surface area contributed by atoms with Crippen LogP contribution in [0.2, 0.25) is 0 Å². The molecule has 0 spiro atoms. The van der Waals surface area contributed by atoms with Crippen LogP contribution < -0.4 is 4.74 Å². The molecule has 3 heterocycles. The number of carbonyl (C=O) groups is 1. The second-order valence-electron chi connectivity index (χ2n) is 5.33. The predicted octanol–water partition coefficient (Wildman–Crippen LogP) is 4.13. The number of carbonyl (C=O) groups excluding carboxylic acids is 1. The molecule has 0 amide bonds. The number of aromatic nitrogens is 2. The Morgan fingerprint density at radius 3 is 2.83 bits per heavy atom. The second-order valence-corrected chi connectivity index (χ2v) is 6.28. The van der Waals surface area contributed by atoms with Crippen LogP contribution in [-0.4, -0.2) is 29.1 Å². The van der Waals surface area contributed by atoms with Gasteiger partial charge >= 0.3 is 5.97 Å². The Labute approximate surface area is 144 Å². The minimum absolute atomic E-state index is 0.213. The van der Waals surface area contributed by atoms with E-state index in [1.54, 1.807) is 18.4 Å². The van der Waals surface area contributed by atoms with Crippen molar-refractivity contribution in [2.45, 2.75) is 26.2 Å². The lowest BCUT2D eigenvalue weighted by Gasteiger charge is -2.15. The summed E-state index contributed by atoms with van der Waals surface area (Å²) in [5.74, 6) is 0.168. The molecule has 0 aliphatic heterocycles. The van der Waals surface area contributed by atoms with E-state index in [-0.39, 0.29) is 11.9 Å². The first-order valence-corrected chi connectivity index (χ1v) is 8.84. The van der Waals surface area contributed by atoms with Gasteiger partial charge in [-0.15, -0.1) is 11.3 Å². The number of pyridine rings is 1. The van der Waals surface area contributed by atoms with Crippen LogP contribution in [0.15, 0.2) is 35.8 Å². The smallest absolute Gasteiger partial charge is 0.315 e. The standard InChI is InChI=1S/C18H20N2O3S/c1-4-13(18(21)23-5-2)17-16(14-7-6-10-24-14)19-15-11-12(22-3)8-9-20(15)17/h6-11,13H,4-5H2,1-3H3. The molecular weight excluding hydrogens is 324 g/mol. The summed E-state index contributed by atoms with van der Waals surface area (Å²) >= 11 is 1.61. The highest BCUT2D eigenvalue weighted by atomic mass is 32.1. The number of thiophene rings is 1. The van der Waals surface area contributed by atoms with Crippen molar-refractivity contribution in [3.05, 3.63) is 41.5 Å². The molecule has 1 atom stereocenters. The maximum atomic E-state index is 12.5. The summed E-state index contributed by atoms with van der Waals surface area (Å²) in [6.07, 6.45) is 2.55. The summed E-state index contributed by atoms with van der Waals surface area (Å²) in [7, 11) is 1.63. The number of hydrogen-bond acceptors (Lipinski definition) is 5. The summed E-state index contributed by atoms with van der Waals surface area (Å²) < 4.78 is 12.5. The van der Waals surface area contributed by atoms with Crippen molar-refractivity contribution in [2.24, 2.45) is 0 Å². The van der Waals surface area contributed by atoms with E-state index in [0.29, 0.717) is 13.0 Å². The fourth-order valence-electron chi connectivity index (χ4n) is 2.81. The average molecular weight is 344 g/mol. The third-order valence-electron chi connectivity index (χ3n) is 3.93. The van der Waals surface area contributed by atoms with Gasteiger partial charge in [0.25, 0.3) is 0 Å². The topological polar surface area (TPSA) is 52.8 Å². The van der Waals surface area contributed by atoms with Crippen molar-refractivity contribution in [1.82, 2.24) is 9.38 Å². The number of esters is 1. The highest BCUT2D eigenvalue weighted by Gasteiger charge is 2.28. The number of nitrogens with zero attached hydrogens (tertiary/aromatic N) is 2. The number of hydrogen-bond donors (Lipinski definition) is 0. The summed E-state index contributed by atoms with van der Waals surface area (Å²) in [6.45, 7) is 4.18. The fraction of sp³-hybridized carbons (Fsp3) is 0.333. The molecule has 3 aromatic rings. The van der Waals surface area contributed by atoms with Crippen LogP contribution in [0, 0.1) is 0 Å². The quantitative estimate of drug-likeness (QED) is 0.631. The molecule has 6 heteroatoms. The first-order valence-electron chi connectivity index (χ1n) is 7.96. The maximum Gasteiger partial charge on any atom is 0.315 e. The molecule has 1 unspecified atom stereocenters. The largest absolute Gasteiger partial charge is 0.497 e. The molecule has 0 aromatic carbocycles. The van der Waals surface area contributed by atoms with Gasteiger partial charge in [0, 0.05) is 12.3 Å².